The molecule has 0 aliphatic heterocycles. The molecule has 30 heavy (non-hydrogen) atoms. The van der Waals surface area contributed by atoms with E-state index in [4.69, 9.17) is 4.74 Å². The van der Waals surface area contributed by atoms with Crippen LogP contribution in [0.4, 0.5) is 0 Å². The zero-order valence-electron chi connectivity index (χ0n) is 17.0. The van der Waals surface area contributed by atoms with E-state index in [2.05, 4.69) is 27.2 Å². The lowest BCUT2D eigenvalue weighted by atomic mass is 10.2. The van der Waals surface area contributed by atoms with Crippen molar-refractivity contribution in [3.63, 3.8) is 0 Å². The molecule has 0 radical (unpaired) electrons. The van der Waals surface area contributed by atoms with Gasteiger partial charge >= 0.3 is 5.97 Å². The van der Waals surface area contributed by atoms with Gasteiger partial charge in [-0.05, 0) is 44.5 Å². The lowest BCUT2D eigenvalue weighted by Gasteiger charge is -2.01. The number of benzene rings is 1. The Kier molecular flexibility index (Phi) is 5.67. The summed E-state index contributed by atoms with van der Waals surface area (Å²) >= 11 is 1.32. The summed E-state index contributed by atoms with van der Waals surface area (Å²) in [5, 5.41) is 8.98. The molecule has 7 nitrogen and oxygen atoms in total. The maximum atomic E-state index is 12.6. The molecule has 0 saturated heterocycles. The van der Waals surface area contributed by atoms with Gasteiger partial charge in [-0.15, -0.1) is 16.4 Å². The van der Waals surface area contributed by atoms with Gasteiger partial charge in [0.15, 0.2) is 0 Å². The van der Waals surface area contributed by atoms with E-state index in [-0.39, 0.29) is 6.61 Å². The fourth-order valence-electron chi connectivity index (χ4n) is 2.91. The Hall–Kier alpha value is -3.39. The van der Waals surface area contributed by atoms with Crippen LogP contribution >= 0.6 is 11.3 Å². The monoisotopic (exact) mass is 419 g/mol. The van der Waals surface area contributed by atoms with Gasteiger partial charge in [0.25, 0.3) is 0 Å². The molecule has 152 valence electrons. The van der Waals surface area contributed by atoms with Crippen LogP contribution in [0.25, 0.3) is 16.3 Å². The standard InChI is InChI=1S/C22H21N5O2S/c1-4-17-11-16(9-10-23-17)21-24-15(3)20(30-21)22(28)29-13-18-12-27(26-25-18)19-7-5-14(2)6-8-19/h5-12H,4,13H2,1-3H3. The predicted octanol–water partition coefficient (Wildman–Crippen LogP) is 4.32. The molecule has 1 aromatic carbocycles. The van der Waals surface area contributed by atoms with Crippen LogP contribution in [0.3, 0.4) is 0 Å². The summed E-state index contributed by atoms with van der Waals surface area (Å²) in [7, 11) is 0. The van der Waals surface area contributed by atoms with E-state index in [0.29, 0.717) is 16.3 Å². The first-order valence-electron chi connectivity index (χ1n) is 9.61. The summed E-state index contributed by atoms with van der Waals surface area (Å²) in [5.41, 5.74) is 5.24. The molecule has 0 amide bonds. The third kappa shape index (κ3) is 4.28. The number of pyridine rings is 1. The quantitative estimate of drug-likeness (QED) is 0.433. The molecule has 4 rings (SSSR count). The molecule has 3 aromatic heterocycles. The summed E-state index contributed by atoms with van der Waals surface area (Å²) in [5.74, 6) is -0.411. The molecule has 0 N–H and O–H groups in total. The molecule has 8 heteroatoms. The summed E-state index contributed by atoms with van der Waals surface area (Å²) in [6.45, 7) is 5.94. The van der Waals surface area contributed by atoms with Crippen LogP contribution in [0, 0.1) is 13.8 Å². The van der Waals surface area contributed by atoms with Gasteiger partial charge < -0.3 is 4.74 Å². The van der Waals surface area contributed by atoms with Crippen LogP contribution in [0.1, 0.15) is 39.2 Å². The Morgan fingerprint density at radius 2 is 1.93 bits per heavy atom. The maximum Gasteiger partial charge on any atom is 0.350 e. The van der Waals surface area contributed by atoms with Crippen LogP contribution in [-0.4, -0.2) is 30.9 Å². The van der Waals surface area contributed by atoms with Crippen molar-refractivity contribution in [2.24, 2.45) is 0 Å². The van der Waals surface area contributed by atoms with Crippen molar-refractivity contribution in [3.8, 4) is 16.3 Å². The van der Waals surface area contributed by atoms with Gasteiger partial charge in [-0.3, -0.25) is 4.98 Å². The summed E-state index contributed by atoms with van der Waals surface area (Å²) in [4.78, 5) is 21.9. The number of hydrogen-bond acceptors (Lipinski definition) is 7. The molecule has 0 spiro atoms. The van der Waals surface area contributed by atoms with Crippen LogP contribution in [0.2, 0.25) is 0 Å². The minimum absolute atomic E-state index is 0.0482. The fourth-order valence-corrected chi connectivity index (χ4v) is 3.86. The fraction of sp³-hybridized carbons (Fsp3) is 0.227. The molecular weight excluding hydrogens is 398 g/mol. The SMILES string of the molecule is CCc1cc(-c2nc(C)c(C(=O)OCc3cn(-c4ccc(C)cc4)nn3)s2)ccn1. The zero-order chi connectivity index (χ0) is 21.1. The van der Waals surface area contributed by atoms with Gasteiger partial charge in [-0.25, -0.2) is 14.5 Å². The molecule has 0 aliphatic rings. The van der Waals surface area contributed by atoms with Crippen LogP contribution in [0.5, 0.6) is 0 Å². The molecule has 0 aliphatic carbocycles. The van der Waals surface area contributed by atoms with Crippen molar-refractivity contribution >= 4 is 17.3 Å². The van der Waals surface area contributed by atoms with Crippen molar-refractivity contribution in [1.29, 1.82) is 0 Å². The summed E-state index contributed by atoms with van der Waals surface area (Å²) in [6, 6.07) is 11.8. The first-order chi connectivity index (χ1) is 14.5. The average molecular weight is 420 g/mol. The van der Waals surface area contributed by atoms with Crippen LogP contribution in [0.15, 0.2) is 48.8 Å². The molecule has 0 atom stereocenters. The first kappa shape index (κ1) is 19.9. The molecule has 0 unspecified atom stereocenters. The van der Waals surface area contributed by atoms with E-state index in [0.717, 1.165) is 28.4 Å². The Bertz CT molecular complexity index is 1180. The van der Waals surface area contributed by atoms with E-state index in [9.17, 15) is 4.79 Å². The molecule has 0 saturated carbocycles. The van der Waals surface area contributed by atoms with E-state index in [1.807, 2.05) is 50.2 Å². The van der Waals surface area contributed by atoms with Gasteiger partial charge in [0.1, 0.15) is 22.2 Å². The van der Waals surface area contributed by atoms with Gasteiger partial charge in [-0.2, -0.15) is 0 Å². The average Bonchev–Trinajstić information content (AvgIpc) is 3.39. The van der Waals surface area contributed by atoms with E-state index >= 15 is 0 Å². The van der Waals surface area contributed by atoms with Crippen molar-refractivity contribution in [2.45, 2.75) is 33.8 Å². The molecule has 0 fully saturated rings. The number of nitrogens with zero attached hydrogens (tertiary/aromatic N) is 5. The Balaban J connectivity index is 1.44. The number of ether oxygens (including phenoxy) is 1. The number of carbonyl (C=O) groups excluding carboxylic acids is 1. The second-order valence-electron chi connectivity index (χ2n) is 6.89. The zero-order valence-corrected chi connectivity index (χ0v) is 17.8. The second kappa shape index (κ2) is 8.54. The van der Waals surface area contributed by atoms with Gasteiger partial charge in [-0.1, -0.05) is 29.8 Å². The summed E-state index contributed by atoms with van der Waals surface area (Å²) in [6.07, 6.45) is 4.36. The second-order valence-corrected chi connectivity index (χ2v) is 7.89. The highest BCUT2D eigenvalue weighted by Crippen LogP contribution is 2.28. The van der Waals surface area contributed by atoms with Gasteiger partial charge in [0.05, 0.1) is 17.6 Å². The molecule has 3 heterocycles. The van der Waals surface area contributed by atoms with Crippen molar-refractivity contribution < 1.29 is 9.53 Å². The van der Waals surface area contributed by atoms with E-state index < -0.39 is 5.97 Å². The maximum absolute atomic E-state index is 12.6. The van der Waals surface area contributed by atoms with Crippen molar-refractivity contribution in [1.82, 2.24) is 25.0 Å². The summed E-state index contributed by atoms with van der Waals surface area (Å²) < 4.78 is 7.12. The lowest BCUT2D eigenvalue weighted by molar-refractivity contribution is 0.0472. The third-order valence-electron chi connectivity index (χ3n) is 4.60. The number of hydrogen-bond donors (Lipinski definition) is 0. The molecular formula is C22H21N5O2S. The smallest absolute Gasteiger partial charge is 0.350 e. The molecule has 4 aromatic rings. The minimum atomic E-state index is -0.411. The third-order valence-corrected chi connectivity index (χ3v) is 5.78. The van der Waals surface area contributed by atoms with E-state index in [1.54, 1.807) is 17.1 Å². The largest absolute Gasteiger partial charge is 0.455 e. The van der Waals surface area contributed by atoms with E-state index in [1.165, 1.54) is 16.9 Å². The lowest BCUT2D eigenvalue weighted by Crippen LogP contribution is -2.05. The number of thiazole rings is 1. The Morgan fingerprint density at radius 1 is 1.13 bits per heavy atom. The van der Waals surface area contributed by atoms with Gasteiger partial charge in [0, 0.05) is 17.5 Å². The van der Waals surface area contributed by atoms with Crippen LogP contribution < -0.4 is 0 Å². The van der Waals surface area contributed by atoms with Crippen LogP contribution in [-0.2, 0) is 17.8 Å². The first-order valence-corrected chi connectivity index (χ1v) is 10.4. The highest BCUT2D eigenvalue weighted by Gasteiger charge is 2.18. The molecule has 0 bridgehead atoms. The number of aromatic nitrogens is 5. The topological polar surface area (TPSA) is 82.8 Å². The van der Waals surface area contributed by atoms with Crippen molar-refractivity contribution in [3.05, 3.63) is 76.3 Å². The Labute approximate surface area is 178 Å². The Morgan fingerprint density at radius 3 is 2.70 bits per heavy atom. The highest BCUT2D eigenvalue weighted by atomic mass is 32.1. The number of rotatable bonds is 6. The van der Waals surface area contributed by atoms with Crippen molar-refractivity contribution in [2.75, 3.05) is 0 Å². The minimum Gasteiger partial charge on any atom is -0.455 e. The normalized spacial score (nSPS) is 10.9. The number of esters is 1. The number of carbonyl (C=O) groups is 1. The highest BCUT2D eigenvalue weighted by molar-refractivity contribution is 7.17. The number of aryl methyl sites for hydroxylation is 3. The van der Waals surface area contributed by atoms with Gasteiger partial charge in [0.2, 0.25) is 0 Å². The predicted molar refractivity (Wildman–Crippen MR) is 115 cm³/mol.